The van der Waals surface area contributed by atoms with E-state index in [1.807, 2.05) is 13.8 Å². The summed E-state index contributed by atoms with van der Waals surface area (Å²) in [5.41, 5.74) is 0.972. The van der Waals surface area contributed by atoms with Crippen molar-refractivity contribution in [1.82, 2.24) is 9.55 Å². The molecule has 0 saturated heterocycles. The summed E-state index contributed by atoms with van der Waals surface area (Å²) >= 11 is 1.53. The molecule has 0 aliphatic rings. The van der Waals surface area contributed by atoms with Crippen LogP contribution in [0.4, 0.5) is 0 Å². The summed E-state index contributed by atoms with van der Waals surface area (Å²) in [7, 11) is 0. The first-order valence-corrected chi connectivity index (χ1v) is 6.99. The summed E-state index contributed by atoms with van der Waals surface area (Å²) < 4.78 is 1.57. The van der Waals surface area contributed by atoms with Crippen LogP contribution >= 0.6 is 11.3 Å². The van der Waals surface area contributed by atoms with Gasteiger partial charge in [-0.2, -0.15) is 0 Å². The van der Waals surface area contributed by atoms with Gasteiger partial charge in [0.25, 0.3) is 5.56 Å². The van der Waals surface area contributed by atoms with Crippen LogP contribution in [0, 0.1) is 13.8 Å². The zero-order valence-corrected chi connectivity index (χ0v) is 11.8. The molecule has 0 saturated carbocycles. The van der Waals surface area contributed by atoms with Gasteiger partial charge in [0, 0.05) is 17.8 Å². The minimum Gasteiger partial charge on any atom is -0.481 e. The Morgan fingerprint density at radius 2 is 2.16 bits per heavy atom. The van der Waals surface area contributed by atoms with Gasteiger partial charge >= 0.3 is 5.97 Å². The normalized spacial score (nSPS) is 11.1. The van der Waals surface area contributed by atoms with Gasteiger partial charge in [0.05, 0.1) is 11.7 Å². The number of thiophene rings is 1. The monoisotopic (exact) mass is 280 g/mol. The van der Waals surface area contributed by atoms with Gasteiger partial charge in [0.15, 0.2) is 0 Å². The molecule has 2 heterocycles. The molecule has 0 bridgehead atoms. The average molecular weight is 280 g/mol. The fraction of sp³-hybridized carbons (Fsp3) is 0.462. The number of carboxylic acids is 1. The molecule has 102 valence electrons. The first kappa shape index (κ1) is 13.7. The number of hydrogen-bond acceptors (Lipinski definition) is 4. The van der Waals surface area contributed by atoms with Crippen LogP contribution in [0.2, 0.25) is 0 Å². The Hall–Kier alpha value is -1.69. The average Bonchev–Trinajstić information content (AvgIpc) is 2.64. The second kappa shape index (κ2) is 5.52. The summed E-state index contributed by atoms with van der Waals surface area (Å²) in [5.74, 6) is -0.801. The van der Waals surface area contributed by atoms with Crippen LogP contribution in [-0.4, -0.2) is 20.6 Å². The Kier molecular flexibility index (Phi) is 3.99. The lowest BCUT2D eigenvalue weighted by Gasteiger charge is -2.04. The molecule has 5 nitrogen and oxygen atoms in total. The number of carboxylic acid groups (broad SMARTS) is 1. The molecule has 0 aromatic carbocycles. The van der Waals surface area contributed by atoms with Crippen molar-refractivity contribution >= 4 is 27.5 Å². The Bertz CT molecular complexity index is 672. The minimum absolute atomic E-state index is 0.0258. The van der Waals surface area contributed by atoms with E-state index in [1.54, 1.807) is 10.9 Å². The number of fused-ring (bicyclic) bond motifs is 1. The zero-order valence-electron chi connectivity index (χ0n) is 11.0. The second-order valence-corrected chi connectivity index (χ2v) is 5.76. The third-order valence-corrected chi connectivity index (χ3v) is 4.31. The second-order valence-electron chi connectivity index (χ2n) is 4.56. The van der Waals surface area contributed by atoms with Gasteiger partial charge in [0.2, 0.25) is 0 Å². The van der Waals surface area contributed by atoms with Crippen molar-refractivity contribution in [3.63, 3.8) is 0 Å². The van der Waals surface area contributed by atoms with Gasteiger partial charge in [0.1, 0.15) is 4.83 Å². The molecule has 0 aliphatic carbocycles. The summed E-state index contributed by atoms with van der Waals surface area (Å²) in [6, 6.07) is 0. The van der Waals surface area contributed by atoms with Crippen LogP contribution < -0.4 is 5.56 Å². The Labute approximate surface area is 114 Å². The molecular weight excluding hydrogens is 264 g/mol. The van der Waals surface area contributed by atoms with Crippen molar-refractivity contribution in [3.8, 4) is 0 Å². The topological polar surface area (TPSA) is 72.2 Å². The van der Waals surface area contributed by atoms with Crippen LogP contribution in [0.5, 0.6) is 0 Å². The van der Waals surface area contributed by atoms with Crippen molar-refractivity contribution in [2.75, 3.05) is 0 Å². The van der Waals surface area contributed by atoms with Crippen LogP contribution in [0.3, 0.4) is 0 Å². The standard InChI is InChI=1S/C13H16N2O3S/c1-8-9(2)19-12-11(8)13(18)15(7-14-12)6-4-3-5-10(16)17/h7H,3-6H2,1-2H3,(H,16,17). The number of hydrogen-bond donors (Lipinski definition) is 1. The van der Waals surface area contributed by atoms with Crippen molar-refractivity contribution in [1.29, 1.82) is 0 Å². The SMILES string of the molecule is Cc1sc2ncn(CCCCC(=O)O)c(=O)c2c1C. The highest BCUT2D eigenvalue weighted by atomic mass is 32.1. The first-order chi connectivity index (χ1) is 9.00. The summed E-state index contributed by atoms with van der Waals surface area (Å²) in [4.78, 5) is 28.9. The van der Waals surface area contributed by atoms with Gasteiger partial charge < -0.3 is 5.11 Å². The number of aliphatic carboxylic acids is 1. The van der Waals surface area contributed by atoms with Crippen LogP contribution in [-0.2, 0) is 11.3 Å². The fourth-order valence-electron chi connectivity index (χ4n) is 1.99. The molecule has 6 heteroatoms. The molecule has 0 spiro atoms. The Morgan fingerprint density at radius 3 is 2.84 bits per heavy atom. The third kappa shape index (κ3) is 2.84. The molecule has 2 rings (SSSR count). The predicted molar refractivity (Wildman–Crippen MR) is 74.8 cm³/mol. The summed E-state index contributed by atoms with van der Waals surface area (Å²) in [6.07, 6.45) is 2.94. The molecule has 0 atom stereocenters. The molecule has 19 heavy (non-hydrogen) atoms. The maximum atomic E-state index is 12.3. The lowest BCUT2D eigenvalue weighted by molar-refractivity contribution is -0.137. The van der Waals surface area contributed by atoms with Gasteiger partial charge in [-0.05, 0) is 32.3 Å². The zero-order chi connectivity index (χ0) is 14.0. The number of rotatable bonds is 5. The summed E-state index contributed by atoms with van der Waals surface area (Å²) in [6.45, 7) is 4.44. The molecule has 0 radical (unpaired) electrons. The van der Waals surface area contributed by atoms with Crippen molar-refractivity contribution in [3.05, 3.63) is 27.1 Å². The van der Waals surface area contributed by atoms with E-state index in [2.05, 4.69) is 4.98 Å². The highest BCUT2D eigenvalue weighted by molar-refractivity contribution is 7.18. The van der Waals surface area contributed by atoms with E-state index in [1.165, 1.54) is 11.3 Å². The lowest BCUT2D eigenvalue weighted by Crippen LogP contribution is -2.20. The largest absolute Gasteiger partial charge is 0.481 e. The maximum Gasteiger partial charge on any atom is 0.303 e. The molecule has 1 N–H and O–H groups in total. The van der Waals surface area contributed by atoms with Gasteiger partial charge in [-0.25, -0.2) is 4.98 Å². The van der Waals surface area contributed by atoms with Gasteiger partial charge in [-0.1, -0.05) is 0 Å². The smallest absolute Gasteiger partial charge is 0.303 e. The molecule has 0 unspecified atom stereocenters. The Morgan fingerprint density at radius 1 is 1.42 bits per heavy atom. The quantitative estimate of drug-likeness (QED) is 0.853. The van der Waals surface area contributed by atoms with E-state index >= 15 is 0 Å². The van der Waals surface area contributed by atoms with Gasteiger partial charge in [-0.3, -0.25) is 14.2 Å². The van der Waals surface area contributed by atoms with E-state index in [0.29, 0.717) is 24.8 Å². The lowest BCUT2D eigenvalue weighted by atomic mass is 10.2. The number of unbranched alkanes of at least 4 members (excludes halogenated alkanes) is 1. The predicted octanol–water partition coefficient (Wildman–Crippen LogP) is 2.33. The van der Waals surface area contributed by atoms with E-state index in [9.17, 15) is 9.59 Å². The summed E-state index contributed by atoms with van der Waals surface area (Å²) in [5, 5.41) is 9.26. The van der Waals surface area contributed by atoms with Crippen LogP contribution in [0.1, 0.15) is 29.7 Å². The van der Waals surface area contributed by atoms with E-state index in [4.69, 9.17) is 5.11 Å². The molecular formula is C13H16N2O3S. The van der Waals surface area contributed by atoms with E-state index in [-0.39, 0.29) is 12.0 Å². The number of aryl methyl sites for hydroxylation is 3. The number of carbonyl (C=O) groups is 1. The highest BCUT2D eigenvalue weighted by Gasteiger charge is 2.11. The van der Waals surface area contributed by atoms with Crippen molar-refractivity contribution in [2.24, 2.45) is 0 Å². The van der Waals surface area contributed by atoms with Crippen molar-refractivity contribution < 1.29 is 9.90 Å². The van der Waals surface area contributed by atoms with E-state index in [0.717, 1.165) is 15.3 Å². The van der Waals surface area contributed by atoms with Gasteiger partial charge in [-0.15, -0.1) is 11.3 Å². The van der Waals surface area contributed by atoms with Crippen LogP contribution in [0.15, 0.2) is 11.1 Å². The Balaban J connectivity index is 2.20. The fourth-order valence-corrected chi connectivity index (χ4v) is 2.98. The molecule has 2 aromatic heterocycles. The molecule has 0 aliphatic heterocycles. The third-order valence-electron chi connectivity index (χ3n) is 3.20. The minimum atomic E-state index is -0.801. The number of aromatic nitrogens is 2. The molecule has 2 aromatic rings. The first-order valence-electron chi connectivity index (χ1n) is 6.17. The maximum absolute atomic E-state index is 12.3. The molecule has 0 fully saturated rings. The highest BCUT2D eigenvalue weighted by Crippen LogP contribution is 2.25. The van der Waals surface area contributed by atoms with Crippen LogP contribution in [0.25, 0.3) is 10.2 Å². The molecule has 0 amide bonds. The van der Waals surface area contributed by atoms with Crippen molar-refractivity contribution in [2.45, 2.75) is 39.7 Å². The number of nitrogens with zero attached hydrogens (tertiary/aromatic N) is 2. The van der Waals surface area contributed by atoms with E-state index < -0.39 is 5.97 Å².